The first-order chi connectivity index (χ1) is 14.8. The number of carbonyl (C=O) groups is 1. The molecule has 31 heavy (non-hydrogen) atoms. The number of fused-ring (bicyclic) bond motifs is 1. The number of ether oxygens (including phenoxy) is 1. The largest absolute Gasteiger partial charge is 0.462 e. The van der Waals surface area contributed by atoms with Gasteiger partial charge in [-0.25, -0.2) is 14.2 Å². The van der Waals surface area contributed by atoms with Crippen molar-refractivity contribution in [2.24, 2.45) is 10.9 Å². The monoisotopic (exact) mass is 456 g/mol. The molecule has 1 aliphatic rings. The Labute approximate surface area is 186 Å². The van der Waals surface area contributed by atoms with Crippen LogP contribution in [0.5, 0.6) is 0 Å². The van der Waals surface area contributed by atoms with Gasteiger partial charge in [0.15, 0.2) is 4.80 Å². The molecule has 0 aliphatic carbocycles. The summed E-state index contributed by atoms with van der Waals surface area (Å²) in [5.41, 5.74) is 1.39. The zero-order valence-corrected chi connectivity index (χ0v) is 18.9. The molecule has 0 fully saturated rings. The molecule has 0 unspecified atom stereocenters. The lowest BCUT2D eigenvalue weighted by Crippen LogP contribution is -2.39. The van der Waals surface area contributed by atoms with E-state index >= 15 is 0 Å². The normalized spacial score (nSPS) is 16.4. The summed E-state index contributed by atoms with van der Waals surface area (Å²) in [5, 5.41) is 1.91. The van der Waals surface area contributed by atoms with Crippen molar-refractivity contribution in [1.29, 1.82) is 0 Å². The maximum Gasteiger partial charge on any atom is 0.338 e. The summed E-state index contributed by atoms with van der Waals surface area (Å²) in [4.78, 5) is 32.3. The number of rotatable bonds is 5. The summed E-state index contributed by atoms with van der Waals surface area (Å²) in [6.07, 6.45) is 1.71. The number of thiophene rings is 1. The third-order valence-corrected chi connectivity index (χ3v) is 6.68. The van der Waals surface area contributed by atoms with Gasteiger partial charge in [0, 0.05) is 4.88 Å². The SMILES string of the molecule is CC1=C(C(=O)OCC(C)C)[C@H](c2cccs2)n2c(s/c(=C/c3ccc(F)cc3)c2=O)=N1. The standard InChI is InChI=1S/C23H21FN2O3S2/c1-13(2)12-29-22(28)19-14(3)25-23-26(20(19)17-5-4-10-30-17)21(27)18(31-23)11-15-6-8-16(24)9-7-15/h4-11,13,20H,12H2,1-3H3/b18-11+/t20-/m0/s1. The van der Waals surface area contributed by atoms with Crippen molar-refractivity contribution in [3.8, 4) is 0 Å². The molecule has 160 valence electrons. The summed E-state index contributed by atoms with van der Waals surface area (Å²) in [7, 11) is 0. The van der Waals surface area contributed by atoms with E-state index in [0.29, 0.717) is 32.8 Å². The molecule has 3 heterocycles. The van der Waals surface area contributed by atoms with Gasteiger partial charge in [0.2, 0.25) is 0 Å². The summed E-state index contributed by atoms with van der Waals surface area (Å²) in [5.74, 6) is -0.598. The number of nitrogens with zero attached hydrogens (tertiary/aromatic N) is 2. The number of thiazole rings is 1. The van der Waals surface area contributed by atoms with E-state index in [4.69, 9.17) is 4.74 Å². The second-order valence-corrected chi connectivity index (χ2v) is 9.63. The van der Waals surface area contributed by atoms with Crippen LogP contribution < -0.4 is 14.9 Å². The minimum absolute atomic E-state index is 0.196. The van der Waals surface area contributed by atoms with Crippen LogP contribution in [0, 0.1) is 11.7 Å². The molecule has 0 saturated carbocycles. The van der Waals surface area contributed by atoms with Crippen molar-refractivity contribution >= 4 is 34.7 Å². The minimum atomic E-state index is -0.591. The number of hydrogen-bond donors (Lipinski definition) is 0. The molecule has 5 nitrogen and oxygen atoms in total. The van der Waals surface area contributed by atoms with Gasteiger partial charge in [-0.3, -0.25) is 9.36 Å². The molecule has 3 aromatic rings. The van der Waals surface area contributed by atoms with E-state index in [2.05, 4.69) is 4.99 Å². The number of carbonyl (C=O) groups excluding carboxylic acids is 1. The van der Waals surface area contributed by atoms with Gasteiger partial charge in [-0.2, -0.15) is 0 Å². The summed E-state index contributed by atoms with van der Waals surface area (Å²) in [6, 6.07) is 9.14. The summed E-state index contributed by atoms with van der Waals surface area (Å²) in [6.45, 7) is 6.00. The molecule has 1 aromatic carbocycles. The van der Waals surface area contributed by atoms with Gasteiger partial charge in [-0.15, -0.1) is 11.3 Å². The highest BCUT2D eigenvalue weighted by Crippen LogP contribution is 2.33. The van der Waals surface area contributed by atoms with Gasteiger partial charge < -0.3 is 4.74 Å². The van der Waals surface area contributed by atoms with Crippen molar-refractivity contribution in [2.45, 2.75) is 26.8 Å². The number of benzene rings is 1. The van der Waals surface area contributed by atoms with Crippen molar-refractivity contribution in [1.82, 2.24) is 4.57 Å². The van der Waals surface area contributed by atoms with Gasteiger partial charge in [0.05, 0.1) is 22.4 Å². The van der Waals surface area contributed by atoms with Gasteiger partial charge >= 0.3 is 5.97 Å². The number of aromatic nitrogens is 1. The topological polar surface area (TPSA) is 60.7 Å². The number of esters is 1. The van der Waals surface area contributed by atoms with Crippen LogP contribution in [0.25, 0.3) is 6.08 Å². The van der Waals surface area contributed by atoms with Crippen LogP contribution in [0.1, 0.15) is 37.3 Å². The smallest absolute Gasteiger partial charge is 0.338 e. The Morgan fingerprint density at radius 3 is 2.68 bits per heavy atom. The molecule has 4 rings (SSSR count). The lowest BCUT2D eigenvalue weighted by molar-refractivity contribution is -0.140. The fourth-order valence-electron chi connectivity index (χ4n) is 3.33. The van der Waals surface area contributed by atoms with Crippen molar-refractivity contribution in [3.05, 3.63) is 89.0 Å². The molecule has 1 atom stereocenters. The number of halogens is 1. The van der Waals surface area contributed by atoms with Crippen molar-refractivity contribution in [3.63, 3.8) is 0 Å². The Morgan fingerprint density at radius 1 is 1.29 bits per heavy atom. The van der Waals surface area contributed by atoms with E-state index in [0.717, 1.165) is 4.88 Å². The van der Waals surface area contributed by atoms with E-state index in [9.17, 15) is 14.0 Å². The van der Waals surface area contributed by atoms with Crippen LogP contribution in [0.4, 0.5) is 4.39 Å². The highest BCUT2D eigenvalue weighted by atomic mass is 32.1. The third-order valence-electron chi connectivity index (χ3n) is 4.77. The van der Waals surface area contributed by atoms with Crippen LogP contribution in [0.2, 0.25) is 0 Å². The highest BCUT2D eigenvalue weighted by Gasteiger charge is 2.34. The van der Waals surface area contributed by atoms with Crippen LogP contribution in [-0.2, 0) is 9.53 Å². The lowest BCUT2D eigenvalue weighted by Gasteiger charge is -2.23. The fraction of sp³-hybridized carbons (Fsp3) is 0.261. The van der Waals surface area contributed by atoms with Gasteiger partial charge in [-0.1, -0.05) is 43.4 Å². The van der Waals surface area contributed by atoms with Crippen LogP contribution in [0.3, 0.4) is 0 Å². The third kappa shape index (κ3) is 4.31. The Hall–Kier alpha value is -2.84. The predicted molar refractivity (Wildman–Crippen MR) is 120 cm³/mol. The first-order valence-corrected chi connectivity index (χ1v) is 11.5. The predicted octanol–water partition coefficient (Wildman–Crippen LogP) is 3.64. The van der Waals surface area contributed by atoms with Crippen LogP contribution >= 0.6 is 22.7 Å². The average molecular weight is 457 g/mol. The van der Waals surface area contributed by atoms with E-state index in [-0.39, 0.29) is 17.3 Å². The van der Waals surface area contributed by atoms with Crippen molar-refractivity contribution < 1.29 is 13.9 Å². The van der Waals surface area contributed by atoms with E-state index in [1.54, 1.807) is 29.7 Å². The summed E-state index contributed by atoms with van der Waals surface area (Å²) < 4.78 is 20.8. The fourth-order valence-corrected chi connectivity index (χ4v) is 5.20. The van der Waals surface area contributed by atoms with Gasteiger partial charge in [-0.05, 0) is 48.1 Å². The average Bonchev–Trinajstić information content (AvgIpc) is 3.36. The molecular formula is C23H21FN2O3S2. The second-order valence-electron chi connectivity index (χ2n) is 7.64. The Kier molecular flexibility index (Phi) is 6.02. The number of hydrogen-bond acceptors (Lipinski definition) is 6. The summed E-state index contributed by atoms with van der Waals surface area (Å²) >= 11 is 2.72. The molecule has 0 radical (unpaired) electrons. The minimum Gasteiger partial charge on any atom is -0.462 e. The second kappa shape index (κ2) is 8.72. The highest BCUT2D eigenvalue weighted by molar-refractivity contribution is 7.10. The Bertz CT molecular complexity index is 1320. The van der Waals surface area contributed by atoms with E-state index in [1.807, 2.05) is 31.4 Å². The van der Waals surface area contributed by atoms with Crippen LogP contribution in [0.15, 0.2) is 62.8 Å². The zero-order valence-electron chi connectivity index (χ0n) is 17.3. The molecule has 0 spiro atoms. The molecule has 0 amide bonds. The van der Waals surface area contributed by atoms with Crippen LogP contribution in [-0.4, -0.2) is 17.1 Å². The first-order valence-electron chi connectivity index (χ1n) is 9.84. The molecule has 0 saturated heterocycles. The van der Waals surface area contributed by atoms with E-state index < -0.39 is 12.0 Å². The first kappa shape index (κ1) is 21.4. The Morgan fingerprint density at radius 2 is 2.03 bits per heavy atom. The molecular weight excluding hydrogens is 435 g/mol. The van der Waals surface area contributed by atoms with Gasteiger partial charge in [0.25, 0.3) is 5.56 Å². The quantitative estimate of drug-likeness (QED) is 0.551. The zero-order chi connectivity index (χ0) is 22.1. The molecule has 8 heteroatoms. The van der Waals surface area contributed by atoms with Crippen molar-refractivity contribution in [2.75, 3.05) is 6.61 Å². The lowest BCUT2D eigenvalue weighted by atomic mass is 10.0. The van der Waals surface area contributed by atoms with E-state index in [1.165, 1.54) is 34.8 Å². The molecule has 2 aromatic heterocycles. The molecule has 0 N–H and O–H groups in total. The number of allylic oxidation sites excluding steroid dienone is 1. The maximum absolute atomic E-state index is 13.4. The molecule has 1 aliphatic heterocycles. The Balaban J connectivity index is 1.86. The molecule has 0 bridgehead atoms. The van der Waals surface area contributed by atoms with Gasteiger partial charge in [0.1, 0.15) is 11.9 Å². The maximum atomic E-state index is 13.4.